The molecule has 0 radical (unpaired) electrons. The molecule has 1 aliphatic rings. The van der Waals surface area contributed by atoms with Crippen molar-refractivity contribution in [1.29, 1.82) is 0 Å². The number of unbranched alkanes of at least 4 members (excludes halogenated alkanes) is 1. The molecule has 0 N–H and O–H groups in total. The molecule has 0 bridgehead atoms. The Morgan fingerprint density at radius 1 is 1.45 bits per heavy atom. The third-order valence-corrected chi connectivity index (χ3v) is 3.46. The number of carbonyl (C=O) groups excluding carboxylic acids is 1. The minimum atomic E-state index is 0.0353. The number of nitrogens with zero attached hydrogens (tertiary/aromatic N) is 1. The first-order valence-corrected chi connectivity index (χ1v) is 7.18. The normalized spacial score (nSPS) is 17.6. The van der Waals surface area contributed by atoms with Crippen molar-refractivity contribution in [3.8, 4) is 5.75 Å². The van der Waals surface area contributed by atoms with Crippen LogP contribution in [0.15, 0.2) is 18.2 Å². The Morgan fingerprint density at radius 2 is 2.25 bits per heavy atom. The predicted molar refractivity (Wildman–Crippen MR) is 79.3 cm³/mol. The second-order valence-corrected chi connectivity index (χ2v) is 5.35. The monoisotopic (exact) mass is 277 g/mol. The quantitative estimate of drug-likeness (QED) is 0.777. The Labute approximate surface area is 120 Å². The SMILES string of the molecule is COCCCCC(=O)N1C[C@H](C)Oc2ccc(C)cc21. The highest BCUT2D eigenvalue weighted by molar-refractivity contribution is 5.95. The van der Waals surface area contributed by atoms with Gasteiger partial charge in [0.05, 0.1) is 12.2 Å². The van der Waals surface area contributed by atoms with Crippen molar-refractivity contribution in [3.05, 3.63) is 23.8 Å². The molecule has 1 aliphatic heterocycles. The highest BCUT2D eigenvalue weighted by Gasteiger charge is 2.27. The molecular formula is C16H23NO3. The smallest absolute Gasteiger partial charge is 0.227 e. The van der Waals surface area contributed by atoms with E-state index in [9.17, 15) is 4.79 Å². The Balaban J connectivity index is 2.08. The molecule has 0 fully saturated rings. The van der Waals surface area contributed by atoms with Crippen LogP contribution >= 0.6 is 0 Å². The lowest BCUT2D eigenvalue weighted by molar-refractivity contribution is -0.119. The van der Waals surface area contributed by atoms with Crippen molar-refractivity contribution in [2.45, 2.75) is 39.2 Å². The maximum absolute atomic E-state index is 12.4. The van der Waals surface area contributed by atoms with Crippen molar-refractivity contribution in [3.63, 3.8) is 0 Å². The molecule has 2 rings (SSSR count). The Bertz CT molecular complexity index is 473. The van der Waals surface area contributed by atoms with E-state index in [1.165, 1.54) is 0 Å². The summed E-state index contributed by atoms with van der Waals surface area (Å²) in [4.78, 5) is 14.3. The van der Waals surface area contributed by atoms with Gasteiger partial charge in [-0.25, -0.2) is 0 Å². The largest absolute Gasteiger partial charge is 0.487 e. The average molecular weight is 277 g/mol. The molecule has 0 unspecified atom stereocenters. The van der Waals surface area contributed by atoms with Crippen LogP contribution in [0.3, 0.4) is 0 Å². The van der Waals surface area contributed by atoms with Crippen molar-refractivity contribution in [2.24, 2.45) is 0 Å². The van der Waals surface area contributed by atoms with Crippen LogP contribution in [-0.4, -0.2) is 32.3 Å². The van der Waals surface area contributed by atoms with Crippen molar-refractivity contribution < 1.29 is 14.3 Å². The molecule has 1 heterocycles. The number of benzene rings is 1. The van der Waals surface area contributed by atoms with Crippen LogP contribution in [0.2, 0.25) is 0 Å². The summed E-state index contributed by atoms with van der Waals surface area (Å²) in [6, 6.07) is 5.98. The van der Waals surface area contributed by atoms with E-state index in [4.69, 9.17) is 9.47 Å². The standard InChI is InChI=1S/C16H23NO3/c1-12-7-8-15-14(10-12)17(11-13(2)20-15)16(18)6-4-5-9-19-3/h7-8,10,13H,4-6,9,11H2,1-3H3/t13-/m0/s1. The van der Waals surface area contributed by atoms with Gasteiger partial charge in [0.1, 0.15) is 11.9 Å². The molecule has 1 amide bonds. The summed E-state index contributed by atoms with van der Waals surface area (Å²) in [6.45, 7) is 5.36. The third kappa shape index (κ3) is 3.51. The van der Waals surface area contributed by atoms with Crippen LogP contribution in [0.5, 0.6) is 5.75 Å². The van der Waals surface area contributed by atoms with Crippen LogP contribution in [0, 0.1) is 6.92 Å². The van der Waals surface area contributed by atoms with Crippen molar-refractivity contribution >= 4 is 11.6 Å². The zero-order valence-electron chi connectivity index (χ0n) is 12.5. The van der Waals surface area contributed by atoms with E-state index in [1.54, 1.807) is 7.11 Å². The van der Waals surface area contributed by atoms with E-state index in [0.29, 0.717) is 19.6 Å². The van der Waals surface area contributed by atoms with Gasteiger partial charge in [0.15, 0.2) is 0 Å². The molecule has 1 aromatic carbocycles. The van der Waals surface area contributed by atoms with Gasteiger partial charge in [-0.05, 0) is 44.4 Å². The van der Waals surface area contributed by atoms with Crippen molar-refractivity contribution in [1.82, 2.24) is 0 Å². The lowest BCUT2D eigenvalue weighted by Crippen LogP contribution is -2.42. The van der Waals surface area contributed by atoms with Gasteiger partial charge in [0.2, 0.25) is 5.91 Å². The van der Waals surface area contributed by atoms with Crippen LogP contribution in [0.4, 0.5) is 5.69 Å². The molecule has 1 atom stereocenters. The number of hydrogen-bond acceptors (Lipinski definition) is 3. The molecule has 0 saturated carbocycles. The van der Waals surface area contributed by atoms with E-state index >= 15 is 0 Å². The number of hydrogen-bond donors (Lipinski definition) is 0. The number of amides is 1. The first-order valence-electron chi connectivity index (χ1n) is 7.18. The summed E-state index contributed by atoms with van der Waals surface area (Å²) in [6.07, 6.45) is 2.37. The number of ether oxygens (including phenoxy) is 2. The van der Waals surface area contributed by atoms with Gasteiger partial charge in [-0.3, -0.25) is 4.79 Å². The number of anilines is 1. The summed E-state index contributed by atoms with van der Waals surface area (Å²) >= 11 is 0. The number of methoxy groups -OCH3 is 1. The molecule has 0 saturated heterocycles. The third-order valence-electron chi connectivity index (χ3n) is 3.46. The highest BCUT2D eigenvalue weighted by Crippen LogP contribution is 2.34. The number of fused-ring (bicyclic) bond motifs is 1. The van der Waals surface area contributed by atoms with Gasteiger partial charge in [-0.2, -0.15) is 0 Å². The maximum Gasteiger partial charge on any atom is 0.227 e. The van der Waals surface area contributed by atoms with E-state index in [0.717, 1.165) is 29.8 Å². The van der Waals surface area contributed by atoms with E-state index < -0.39 is 0 Å². The van der Waals surface area contributed by atoms with Crippen LogP contribution in [-0.2, 0) is 9.53 Å². The van der Waals surface area contributed by atoms with Gasteiger partial charge >= 0.3 is 0 Å². The van der Waals surface area contributed by atoms with Crippen LogP contribution < -0.4 is 9.64 Å². The first-order chi connectivity index (χ1) is 9.61. The zero-order valence-corrected chi connectivity index (χ0v) is 12.5. The van der Waals surface area contributed by atoms with Crippen LogP contribution in [0.1, 0.15) is 31.7 Å². The Kier molecular flexibility index (Phi) is 5.01. The number of aryl methyl sites for hydroxylation is 1. The minimum absolute atomic E-state index is 0.0353. The van der Waals surface area contributed by atoms with E-state index in [-0.39, 0.29) is 12.0 Å². The summed E-state index contributed by atoms with van der Waals surface area (Å²) in [5.74, 6) is 0.975. The van der Waals surface area contributed by atoms with Gasteiger partial charge in [0, 0.05) is 20.1 Å². The summed E-state index contributed by atoms with van der Waals surface area (Å²) in [5, 5.41) is 0. The number of rotatable bonds is 5. The fourth-order valence-electron chi connectivity index (χ4n) is 2.44. The Hall–Kier alpha value is -1.55. The molecule has 0 aromatic heterocycles. The lowest BCUT2D eigenvalue weighted by Gasteiger charge is -2.33. The molecule has 110 valence electrons. The van der Waals surface area contributed by atoms with Gasteiger partial charge in [-0.1, -0.05) is 6.07 Å². The van der Waals surface area contributed by atoms with Gasteiger partial charge in [-0.15, -0.1) is 0 Å². The molecule has 4 heteroatoms. The van der Waals surface area contributed by atoms with E-state index in [2.05, 4.69) is 0 Å². The minimum Gasteiger partial charge on any atom is -0.487 e. The summed E-state index contributed by atoms with van der Waals surface area (Å²) in [7, 11) is 1.69. The fourth-order valence-corrected chi connectivity index (χ4v) is 2.44. The molecule has 1 aromatic rings. The first kappa shape index (κ1) is 14.9. The summed E-state index contributed by atoms with van der Waals surface area (Å²) in [5.41, 5.74) is 2.04. The van der Waals surface area contributed by atoms with E-state index in [1.807, 2.05) is 36.9 Å². The molecule has 4 nitrogen and oxygen atoms in total. The van der Waals surface area contributed by atoms with Crippen molar-refractivity contribution in [2.75, 3.05) is 25.2 Å². The lowest BCUT2D eigenvalue weighted by atomic mass is 10.1. The van der Waals surface area contributed by atoms with Gasteiger partial charge in [0.25, 0.3) is 0 Å². The molecule has 0 spiro atoms. The van der Waals surface area contributed by atoms with Gasteiger partial charge < -0.3 is 14.4 Å². The molecular weight excluding hydrogens is 254 g/mol. The molecule has 20 heavy (non-hydrogen) atoms. The zero-order chi connectivity index (χ0) is 14.5. The fraction of sp³-hybridized carbons (Fsp3) is 0.562. The second kappa shape index (κ2) is 6.75. The maximum atomic E-state index is 12.4. The highest BCUT2D eigenvalue weighted by atomic mass is 16.5. The summed E-state index contributed by atoms with van der Waals surface area (Å²) < 4.78 is 10.8. The molecule has 0 aliphatic carbocycles. The second-order valence-electron chi connectivity index (χ2n) is 5.35. The van der Waals surface area contributed by atoms with Crippen LogP contribution in [0.25, 0.3) is 0 Å². The average Bonchev–Trinajstić information content (AvgIpc) is 2.43. The predicted octanol–water partition coefficient (Wildman–Crippen LogP) is 2.93. The number of carbonyl (C=O) groups is 1. The topological polar surface area (TPSA) is 38.8 Å². The Morgan fingerprint density at radius 3 is 3.00 bits per heavy atom.